The maximum Gasteiger partial charge on any atom is 0.225 e. The van der Waals surface area contributed by atoms with Crippen LogP contribution in [-0.2, 0) is 11.4 Å². The van der Waals surface area contributed by atoms with Gasteiger partial charge in [0.2, 0.25) is 5.91 Å². The Balaban J connectivity index is 1.67. The third-order valence-electron chi connectivity index (χ3n) is 4.71. The number of para-hydroxylation sites is 1. The fourth-order valence-corrected chi connectivity index (χ4v) is 3.40. The third-order valence-corrected chi connectivity index (χ3v) is 4.71. The molecular weight excluding hydrogens is 345 g/mol. The Kier molecular flexibility index (Phi) is 4.50. The van der Waals surface area contributed by atoms with Crippen molar-refractivity contribution in [1.82, 2.24) is 0 Å². The first-order valence-corrected chi connectivity index (χ1v) is 8.69. The average Bonchev–Trinajstić information content (AvgIpc) is 2.66. The molecule has 27 heavy (non-hydrogen) atoms. The van der Waals surface area contributed by atoms with E-state index in [4.69, 9.17) is 4.74 Å². The van der Waals surface area contributed by atoms with E-state index >= 15 is 0 Å². The fraction of sp³-hybridized carbons (Fsp3) is 0.136. The van der Waals surface area contributed by atoms with Crippen molar-refractivity contribution >= 4 is 11.6 Å². The van der Waals surface area contributed by atoms with Gasteiger partial charge in [0.05, 0.1) is 0 Å². The van der Waals surface area contributed by atoms with E-state index in [0.29, 0.717) is 17.0 Å². The predicted molar refractivity (Wildman–Crippen MR) is 100 cm³/mol. The molecule has 0 spiro atoms. The number of hydrogen-bond acceptors (Lipinski definition) is 3. The van der Waals surface area contributed by atoms with E-state index in [1.165, 1.54) is 6.07 Å². The van der Waals surface area contributed by atoms with E-state index in [9.17, 15) is 14.3 Å². The van der Waals surface area contributed by atoms with Crippen molar-refractivity contribution in [1.29, 1.82) is 0 Å². The molecule has 0 saturated heterocycles. The number of hydrogen-bond donors (Lipinski definition) is 2. The van der Waals surface area contributed by atoms with Gasteiger partial charge in [0.1, 0.15) is 23.9 Å². The van der Waals surface area contributed by atoms with Crippen LogP contribution in [0.5, 0.6) is 11.5 Å². The Morgan fingerprint density at radius 3 is 2.67 bits per heavy atom. The van der Waals surface area contributed by atoms with Crippen molar-refractivity contribution in [2.75, 3.05) is 5.32 Å². The minimum atomic E-state index is -0.312. The number of aromatic hydroxyl groups is 1. The minimum Gasteiger partial charge on any atom is -0.508 e. The van der Waals surface area contributed by atoms with Gasteiger partial charge >= 0.3 is 0 Å². The normalized spacial score (nSPS) is 15.7. The Hall–Kier alpha value is -3.34. The Labute approximate surface area is 156 Å². The monoisotopic (exact) mass is 363 g/mol. The van der Waals surface area contributed by atoms with Crippen LogP contribution in [0.25, 0.3) is 0 Å². The van der Waals surface area contributed by atoms with Crippen LogP contribution in [-0.4, -0.2) is 11.0 Å². The van der Waals surface area contributed by atoms with Gasteiger partial charge in [-0.25, -0.2) is 4.39 Å². The van der Waals surface area contributed by atoms with E-state index < -0.39 is 0 Å². The van der Waals surface area contributed by atoms with Crippen molar-refractivity contribution in [3.05, 3.63) is 89.2 Å². The molecule has 1 unspecified atom stereocenters. The number of fused-ring (bicyclic) bond motifs is 1. The molecule has 0 bridgehead atoms. The second-order valence-electron chi connectivity index (χ2n) is 6.49. The molecule has 4 rings (SSSR count). The highest BCUT2D eigenvalue weighted by atomic mass is 19.1. The molecule has 1 amide bonds. The molecule has 1 aliphatic rings. The van der Waals surface area contributed by atoms with Crippen LogP contribution in [0.2, 0.25) is 0 Å². The van der Waals surface area contributed by atoms with Gasteiger partial charge in [-0.15, -0.1) is 0 Å². The molecule has 1 aliphatic heterocycles. The fourth-order valence-electron chi connectivity index (χ4n) is 3.40. The number of nitrogens with one attached hydrogen (secondary N) is 1. The van der Waals surface area contributed by atoms with Gasteiger partial charge in [0.15, 0.2) is 0 Å². The van der Waals surface area contributed by atoms with Gasteiger partial charge in [-0.2, -0.15) is 0 Å². The molecule has 0 fully saturated rings. The number of benzene rings is 3. The minimum absolute atomic E-state index is 0.0961. The topological polar surface area (TPSA) is 58.6 Å². The molecule has 0 saturated carbocycles. The summed E-state index contributed by atoms with van der Waals surface area (Å²) in [6, 6.07) is 18.9. The molecular formula is C22H18FNO3. The molecule has 1 atom stereocenters. The zero-order chi connectivity index (χ0) is 18.8. The molecule has 4 nitrogen and oxygen atoms in total. The van der Waals surface area contributed by atoms with Crippen molar-refractivity contribution in [2.45, 2.75) is 18.9 Å². The van der Waals surface area contributed by atoms with Crippen LogP contribution < -0.4 is 10.1 Å². The first kappa shape index (κ1) is 17.1. The lowest BCUT2D eigenvalue weighted by Gasteiger charge is -2.27. The summed E-state index contributed by atoms with van der Waals surface area (Å²) in [7, 11) is 0. The van der Waals surface area contributed by atoms with E-state index in [1.807, 2.05) is 30.3 Å². The number of carbonyl (C=O) groups is 1. The van der Waals surface area contributed by atoms with Gasteiger partial charge in [-0.1, -0.05) is 42.5 Å². The number of phenolic OH excluding ortho intramolecular Hbond substituents is 1. The van der Waals surface area contributed by atoms with Crippen molar-refractivity contribution < 1.29 is 19.0 Å². The number of halogens is 1. The van der Waals surface area contributed by atoms with E-state index in [1.54, 1.807) is 30.3 Å². The number of ether oxygens (including phenoxy) is 1. The van der Waals surface area contributed by atoms with Crippen LogP contribution in [0.4, 0.5) is 10.1 Å². The highest BCUT2D eigenvalue weighted by Gasteiger charge is 2.28. The largest absolute Gasteiger partial charge is 0.508 e. The molecule has 136 valence electrons. The first-order valence-electron chi connectivity index (χ1n) is 8.69. The van der Waals surface area contributed by atoms with Crippen molar-refractivity contribution in [3.8, 4) is 11.5 Å². The van der Waals surface area contributed by atoms with Gasteiger partial charge in [-0.05, 0) is 23.8 Å². The summed E-state index contributed by atoms with van der Waals surface area (Å²) in [5.41, 5.74) is 2.84. The van der Waals surface area contributed by atoms with Gasteiger partial charge in [0, 0.05) is 35.2 Å². The van der Waals surface area contributed by atoms with E-state index in [-0.39, 0.29) is 36.4 Å². The number of phenols is 1. The summed E-state index contributed by atoms with van der Waals surface area (Å²) in [5, 5.41) is 12.5. The number of amides is 1. The number of carbonyl (C=O) groups excluding carboxylic acids is 1. The Morgan fingerprint density at radius 1 is 1.04 bits per heavy atom. The summed E-state index contributed by atoms with van der Waals surface area (Å²) in [6.45, 7) is 0.102. The highest BCUT2D eigenvalue weighted by molar-refractivity contribution is 5.95. The second kappa shape index (κ2) is 7.11. The summed E-state index contributed by atoms with van der Waals surface area (Å²) in [6.07, 6.45) is 0.276. The number of anilines is 1. The lowest BCUT2D eigenvalue weighted by atomic mass is 9.84. The van der Waals surface area contributed by atoms with E-state index in [2.05, 4.69) is 5.32 Å². The van der Waals surface area contributed by atoms with E-state index in [0.717, 1.165) is 11.1 Å². The molecule has 0 aliphatic carbocycles. The maximum absolute atomic E-state index is 13.9. The zero-order valence-corrected chi connectivity index (χ0v) is 14.5. The maximum atomic E-state index is 13.9. The SMILES string of the molecule is O=C1CC(c2ccccc2OCc2ccccc2F)c2ccc(O)cc2N1. The smallest absolute Gasteiger partial charge is 0.225 e. The summed E-state index contributed by atoms with van der Waals surface area (Å²) in [5.74, 6) is 0.0688. The van der Waals surface area contributed by atoms with Crippen LogP contribution >= 0.6 is 0 Å². The molecule has 0 aromatic heterocycles. The Bertz CT molecular complexity index is 1000. The van der Waals surface area contributed by atoms with Crippen LogP contribution in [0.15, 0.2) is 66.7 Å². The predicted octanol–water partition coefficient (Wildman–Crippen LogP) is 4.58. The average molecular weight is 363 g/mol. The summed E-state index contributed by atoms with van der Waals surface area (Å²) < 4.78 is 19.8. The second-order valence-corrected chi connectivity index (χ2v) is 6.49. The quantitative estimate of drug-likeness (QED) is 0.713. The lowest BCUT2D eigenvalue weighted by Crippen LogP contribution is -2.23. The van der Waals surface area contributed by atoms with Crippen molar-refractivity contribution in [2.24, 2.45) is 0 Å². The van der Waals surface area contributed by atoms with Crippen molar-refractivity contribution in [3.63, 3.8) is 0 Å². The first-order chi connectivity index (χ1) is 13.1. The molecule has 0 radical (unpaired) electrons. The van der Waals surface area contributed by atoms with Gasteiger partial charge < -0.3 is 15.2 Å². The Morgan fingerprint density at radius 2 is 1.81 bits per heavy atom. The standard InChI is InChI=1S/C22H18FNO3/c23-19-7-3-1-5-14(19)13-27-21-8-4-2-6-17(21)18-12-22(26)24-20-11-15(25)9-10-16(18)20/h1-11,18,25H,12-13H2,(H,24,26). The lowest BCUT2D eigenvalue weighted by molar-refractivity contribution is -0.116. The molecule has 1 heterocycles. The van der Waals surface area contributed by atoms with Crippen LogP contribution in [0, 0.1) is 5.82 Å². The van der Waals surface area contributed by atoms with Crippen LogP contribution in [0.3, 0.4) is 0 Å². The molecule has 2 N–H and O–H groups in total. The molecule has 3 aromatic rings. The number of rotatable bonds is 4. The third kappa shape index (κ3) is 3.49. The van der Waals surface area contributed by atoms with Gasteiger partial charge in [-0.3, -0.25) is 4.79 Å². The summed E-state index contributed by atoms with van der Waals surface area (Å²) >= 11 is 0. The molecule has 3 aromatic carbocycles. The van der Waals surface area contributed by atoms with Gasteiger partial charge in [0.25, 0.3) is 0 Å². The summed E-state index contributed by atoms with van der Waals surface area (Å²) in [4.78, 5) is 12.2. The highest BCUT2D eigenvalue weighted by Crippen LogP contribution is 2.41. The molecule has 5 heteroatoms. The zero-order valence-electron chi connectivity index (χ0n) is 14.5. The van der Waals surface area contributed by atoms with Crippen LogP contribution in [0.1, 0.15) is 29.0 Å².